The van der Waals surface area contributed by atoms with Gasteiger partial charge in [-0.15, -0.1) is 0 Å². The molecule has 0 saturated carbocycles. The number of carbonyl (C=O) groups is 2. The van der Waals surface area contributed by atoms with Crippen molar-refractivity contribution in [1.29, 1.82) is 0 Å². The molecular formula is C24H25N5O2. The van der Waals surface area contributed by atoms with E-state index in [1.807, 2.05) is 44.4 Å². The monoisotopic (exact) mass is 415 g/mol. The van der Waals surface area contributed by atoms with Crippen molar-refractivity contribution in [2.75, 3.05) is 4.90 Å². The number of hydrogen-bond donors (Lipinski definition) is 1. The van der Waals surface area contributed by atoms with Crippen LogP contribution < -0.4 is 10.2 Å². The maximum absolute atomic E-state index is 13.3. The van der Waals surface area contributed by atoms with E-state index in [-0.39, 0.29) is 18.0 Å². The molecule has 2 aliphatic heterocycles. The third-order valence-electron chi connectivity index (χ3n) is 6.15. The maximum atomic E-state index is 13.3. The zero-order valence-corrected chi connectivity index (χ0v) is 17.7. The van der Waals surface area contributed by atoms with Gasteiger partial charge in [-0.25, -0.2) is 4.79 Å². The lowest BCUT2D eigenvalue weighted by Gasteiger charge is -2.24. The number of carbonyl (C=O) groups excluding carboxylic acids is 2. The zero-order valence-electron chi connectivity index (χ0n) is 17.7. The van der Waals surface area contributed by atoms with Crippen molar-refractivity contribution < 1.29 is 9.59 Å². The molecule has 31 heavy (non-hydrogen) atoms. The summed E-state index contributed by atoms with van der Waals surface area (Å²) in [5, 5.41) is 7.16. The van der Waals surface area contributed by atoms with Crippen molar-refractivity contribution >= 4 is 17.6 Å². The van der Waals surface area contributed by atoms with Crippen molar-refractivity contribution in [1.82, 2.24) is 20.0 Å². The Morgan fingerprint density at radius 1 is 1.03 bits per heavy atom. The van der Waals surface area contributed by atoms with E-state index < -0.39 is 6.04 Å². The molecule has 2 unspecified atom stereocenters. The molecule has 3 aromatic rings. The van der Waals surface area contributed by atoms with Crippen LogP contribution in [0.1, 0.15) is 24.5 Å². The highest BCUT2D eigenvalue weighted by molar-refractivity contribution is 6.01. The van der Waals surface area contributed by atoms with E-state index in [0.717, 1.165) is 27.9 Å². The molecule has 0 bridgehead atoms. The molecule has 2 atom stereocenters. The summed E-state index contributed by atoms with van der Waals surface area (Å²) in [4.78, 5) is 29.8. The van der Waals surface area contributed by atoms with Crippen LogP contribution in [0, 0.1) is 0 Å². The van der Waals surface area contributed by atoms with E-state index in [0.29, 0.717) is 19.5 Å². The Kier molecular flexibility index (Phi) is 4.73. The van der Waals surface area contributed by atoms with E-state index in [2.05, 4.69) is 34.7 Å². The Bertz CT molecular complexity index is 1110. The number of hydrogen-bond acceptors (Lipinski definition) is 3. The van der Waals surface area contributed by atoms with Gasteiger partial charge < -0.3 is 15.1 Å². The summed E-state index contributed by atoms with van der Waals surface area (Å²) in [6, 6.07) is 15.6. The highest BCUT2D eigenvalue weighted by Gasteiger charge is 2.40. The van der Waals surface area contributed by atoms with Crippen molar-refractivity contribution in [3.8, 4) is 11.1 Å². The number of rotatable bonds is 2. The van der Waals surface area contributed by atoms with Crippen LogP contribution in [0.5, 0.6) is 0 Å². The summed E-state index contributed by atoms with van der Waals surface area (Å²) in [7, 11) is 1.82. The van der Waals surface area contributed by atoms with Gasteiger partial charge in [-0.2, -0.15) is 5.10 Å². The number of nitrogens with zero attached hydrogens (tertiary/aromatic N) is 4. The van der Waals surface area contributed by atoms with Crippen LogP contribution in [0.4, 0.5) is 10.5 Å². The summed E-state index contributed by atoms with van der Waals surface area (Å²) < 4.78 is 1.67. The van der Waals surface area contributed by atoms with Crippen molar-refractivity contribution in [2.24, 2.45) is 7.05 Å². The molecule has 1 aromatic heterocycles. The highest BCUT2D eigenvalue weighted by Crippen LogP contribution is 2.33. The lowest BCUT2D eigenvalue weighted by Crippen LogP contribution is -2.47. The number of fused-ring (bicyclic) bond motifs is 3. The van der Waals surface area contributed by atoms with E-state index >= 15 is 0 Å². The van der Waals surface area contributed by atoms with Crippen molar-refractivity contribution in [2.45, 2.75) is 38.5 Å². The van der Waals surface area contributed by atoms with Crippen LogP contribution in [0.3, 0.4) is 0 Å². The molecule has 1 saturated heterocycles. The van der Waals surface area contributed by atoms with Crippen LogP contribution >= 0.6 is 0 Å². The second-order valence-corrected chi connectivity index (χ2v) is 8.34. The average molecular weight is 415 g/mol. The van der Waals surface area contributed by atoms with Gasteiger partial charge in [-0.05, 0) is 35.6 Å². The van der Waals surface area contributed by atoms with Gasteiger partial charge in [0.15, 0.2) is 0 Å². The van der Waals surface area contributed by atoms with Gasteiger partial charge in [0, 0.05) is 32.4 Å². The van der Waals surface area contributed by atoms with Crippen LogP contribution in [-0.2, 0) is 24.9 Å². The molecule has 3 heterocycles. The minimum absolute atomic E-state index is 0.00687. The summed E-state index contributed by atoms with van der Waals surface area (Å²) in [5.74, 6) is -0.0931. The Morgan fingerprint density at radius 3 is 2.23 bits per heavy atom. The lowest BCUT2D eigenvalue weighted by molar-refractivity contribution is -0.118. The van der Waals surface area contributed by atoms with Gasteiger partial charge >= 0.3 is 6.03 Å². The third-order valence-corrected chi connectivity index (χ3v) is 6.15. The normalized spacial score (nSPS) is 20.3. The van der Waals surface area contributed by atoms with E-state index in [1.54, 1.807) is 20.7 Å². The van der Waals surface area contributed by atoms with Crippen LogP contribution in [0.25, 0.3) is 11.1 Å². The Labute approximate surface area is 181 Å². The standard InChI is InChI=1S/C24H25N5O2/c1-16-11-22(23(30)29(16)19-12-25-27(2)15-19)26-24(31)28-13-17-7-3-5-9-20(17)21-10-6-4-8-18(21)14-28/h3-10,12,15-16,22H,11,13-14H2,1-2H3,(H,26,31). The summed E-state index contributed by atoms with van der Waals surface area (Å²) in [6.45, 7) is 2.99. The second kappa shape index (κ2) is 7.58. The highest BCUT2D eigenvalue weighted by atomic mass is 16.2. The fraction of sp³-hybridized carbons (Fsp3) is 0.292. The Hall–Kier alpha value is -3.61. The van der Waals surface area contributed by atoms with E-state index in [1.165, 1.54) is 0 Å². The molecule has 5 rings (SSSR count). The summed E-state index contributed by atoms with van der Waals surface area (Å²) in [6.07, 6.45) is 4.07. The molecular weight excluding hydrogens is 390 g/mol. The minimum Gasteiger partial charge on any atom is -0.326 e. The number of anilines is 1. The van der Waals surface area contributed by atoms with Crippen LogP contribution in [0.2, 0.25) is 0 Å². The lowest BCUT2D eigenvalue weighted by atomic mass is 9.97. The third kappa shape index (κ3) is 3.46. The maximum Gasteiger partial charge on any atom is 0.318 e. The quantitative estimate of drug-likeness (QED) is 0.698. The number of benzene rings is 2. The SMILES string of the molecule is CC1CC(NC(=O)N2Cc3ccccc3-c3ccccc3C2)C(=O)N1c1cnn(C)c1. The molecule has 7 heteroatoms. The Morgan fingerprint density at radius 2 is 1.65 bits per heavy atom. The molecule has 2 aromatic carbocycles. The predicted octanol–water partition coefficient (Wildman–Crippen LogP) is 3.31. The summed E-state index contributed by atoms with van der Waals surface area (Å²) >= 11 is 0. The largest absolute Gasteiger partial charge is 0.326 e. The van der Waals surface area contributed by atoms with Crippen molar-refractivity contribution in [3.63, 3.8) is 0 Å². The number of nitrogens with one attached hydrogen (secondary N) is 1. The fourth-order valence-corrected chi connectivity index (χ4v) is 4.66. The van der Waals surface area contributed by atoms with Gasteiger partial charge in [0.1, 0.15) is 6.04 Å². The minimum atomic E-state index is -0.545. The molecule has 1 fully saturated rings. The number of aryl methyl sites for hydroxylation is 1. The fourth-order valence-electron chi connectivity index (χ4n) is 4.66. The van der Waals surface area contributed by atoms with Gasteiger partial charge in [-0.1, -0.05) is 48.5 Å². The van der Waals surface area contributed by atoms with E-state index in [4.69, 9.17) is 0 Å². The zero-order chi connectivity index (χ0) is 21.5. The van der Waals surface area contributed by atoms with Crippen LogP contribution in [-0.4, -0.2) is 38.7 Å². The van der Waals surface area contributed by atoms with Crippen molar-refractivity contribution in [3.05, 3.63) is 72.1 Å². The average Bonchev–Trinajstić information content (AvgIpc) is 3.24. The topological polar surface area (TPSA) is 70.5 Å². The molecule has 3 amide bonds. The number of aromatic nitrogens is 2. The molecule has 0 radical (unpaired) electrons. The van der Waals surface area contributed by atoms with Gasteiger partial charge in [0.25, 0.3) is 0 Å². The second-order valence-electron chi connectivity index (χ2n) is 8.34. The molecule has 1 N–H and O–H groups in total. The molecule has 0 aliphatic carbocycles. The first-order chi connectivity index (χ1) is 15.0. The van der Waals surface area contributed by atoms with E-state index in [9.17, 15) is 9.59 Å². The Balaban J connectivity index is 1.37. The predicted molar refractivity (Wildman–Crippen MR) is 118 cm³/mol. The number of amides is 3. The van der Waals surface area contributed by atoms with Gasteiger partial charge in [0.2, 0.25) is 5.91 Å². The number of urea groups is 1. The first-order valence-corrected chi connectivity index (χ1v) is 10.5. The van der Waals surface area contributed by atoms with Gasteiger partial charge in [0.05, 0.1) is 11.9 Å². The van der Waals surface area contributed by atoms with Crippen LogP contribution in [0.15, 0.2) is 60.9 Å². The molecule has 2 aliphatic rings. The first kappa shape index (κ1) is 19.4. The molecule has 7 nitrogen and oxygen atoms in total. The smallest absolute Gasteiger partial charge is 0.318 e. The van der Waals surface area contributed by atoms with Gasteiger partial charge in [-0.3, -0.25) is 9.48 Å². The molecule has 0 spiro atoms. The molecule has 158 valence electrons. The summed E-state index contributed by atoms with van der Waals surface area (Å²) in [5.41, 5.74) is 5.27. The first-order valence-electron chi connectivity index (χ1n) is 10.5.